The maximum Gasteiger partial charge on any atom is 0.123 e. The molecule has 0 aliphatic heterocycles. The molecule has 4 heteroatoms. The fourth-order valence-corrected chi connectivity index (χ4v) is 3.02. The highest BCUT2D eigenvalue weighted by molar-refractivity contribution is 6.03. The summed E-state index contributed by atoms with van der Waals surface area (Å²) < 4.78 is 13.3. The first-order valence-corrected chi connectivity index (χ1v) is 7.65. The highest BCUT2D eigenvalue weighted by Crippen LogP contribution is 2.36. The van der Waals surface area contributed by atoms with Gasteiger partial charge in [-0.1, -0.05) is 26.0 Å². The number of nitrogens with zero attached hydrogens (tertiary/aromatic N) is 2. The fraction of sp³-hybridized carbons (Fsp3) is 0.158. The second kappa shape index (κ2) is 5.16. The Hall–Kier alpha value is -2.75. The lowest BCUT2D eigenvalue weighted by molar-refractivity contribution is 0.628. The smallest absolute Gasteiger partial charge is 0.123 e. The van der Waals surface area contributed by atoms with E-state index in [1.54, 1.807) is 0 Å². The van der Waals surface area contributed by atoms with E-state index >= 15 is 0 Å². The Bertz CT molecular complexity index is 1000. The van der Waals surface area contributed by atoms with E-state index in [-0.39, 0.29) is 5.82 Å². The first kappa shape index (κ1) is 13.9. The summed E-state index contributed by atoms with van der Waals surface area (Å²) in [6, 6.07) is 10.8. The standard InChI is InChI=1S/C19H16FN3/c1-11(2)16-10-21-18-8-17-13(9-22-23-17)7-15(18)19(16)12-3-5-14(20)6-4-12/h3-11H,1-2H3,(H,22,23). The normalized spacial score (nSPS) is 11.7. The number of benzene rings is 2. The van der Waals surface area contributed by atoms with E-state index in [2.05, 4.69) is 35.1 Å². The van der Waals surface area contributed by atoms with E-state index in [1.807, 2.05) is 30.6 Å². The predicted octanol–water partition coefficient (Wildman–Crippen LogP) is 5.04. The quantitative estimate of drug-likeness (QED) is 0.563. The van der Waals surface area contributed by atoms with E-state index in [0.29, 0.717) is 5.92 Å². The van der Waals surface area contributed by atoms with E-state index in [1.165, 1.54) is 12.1 Å². The minimum Gasteiger partial charge on any atom is -0.278 e. The van der Waals surface area contributed by atoms with Crippen LogP contribution in [-0.4, -0.2) is 15.2 Å². The predicted molar refractivity (Wildman–Crippen MR) is 90.9 cm³/mol. The van der Waals surface area contributed by atoms with Crippen LogP contribution < -0.4 is 0 Å². The Morgan fingerprint density at radius 3 is 2.57 bits per heavy atom. The number of rotatable bonds is 2. The zero-order valence-electron chi connectivity index (χ0n) is 13.0. The summed E-state index contributed by atoms with van der Waals surface area (Å²) in [4.78, 5) is 4.61. The highest BCUT2D eigenvalue weighted by atomic mass is 19.1. The van der Waals surface area contributed by atoms with Crippen LogP contribution in [0.15, 0.2) is 48.8 Å². The largest absolute Gasteiger partial charge is 0.278 e. The lowest BCUT2D eigenvalue weighted by atomic mass is 9.90. The number of H-pyrrole nitrogens is 1. The molecule has 0 atom stereocenters. The third-order valence-corrected chi connectivity index (χ3v) is 4.21. The van der Waals surface area contributed by atoms with E-state index in [9.17, 15) is 4.39 Å². The molecule has 3 nitrogen and oxygen atoms in total. The van der Waals surface area contributed by atoms with Gasteiger partial charge in [0.15, 0.2) is 0 Å². The molecule has 0 saturated heterocycles. The van der Waals surface area contributed by atoms with Crippen LogP contribution in [0.1, 0.15) is 25.3 Å². The van der Waals surface area contributed by atoms with E-state index in [0.717, 1.165) is 38.5 Å². The van der Waals surface area contributed by atoms with Gasteiger partial charge in [0.05, 0.1) is 17.2 Å². The molecule has 0 saturated carbocycles. The molecule has 0 radical (unpaired) electrons. The van der Waals surface area contributed by atoms with Gasteiger partial charge in [0.1, 0.15) is 5.82 Å². The van der Waals surface area contributed by atoms with Gasteiger partial charge in [-0.3, -0.25) is 10.1 Å². The summed E-state index contributed by atoms with van der Waals surface area (Å²) in [7, 11) is 0. The minimum absolute atomic E-state index is 0.226. The number of pyridine rings is 1. The lowest BCUT2D eigenvalue weighted by Gasteiger charge is -2.15. The average molecular weight is 305 g/mol. The number of halogens is 1. The van der Waals surface area contributed by atoms with Gasteiger partial charge in [-0.15, -0.1) is 0 Å². The first-order valence-electron chi connectivity index (χ1n) is 7.65. The van der Waals surface area contributed by atoms with Gasteiger partial charge < -0.3 is 0 Å². The van der Waals surface area contributed by atoms with Crippen molar-refractivity contribution in [1.82, 2.24) is 15.2 Å². The molecule has 1 N–H and O–H groups in total. The molecule has 0 fully saturated rings. The van der Waals surface area contributed by atoms with Gasteiger partial charge in [-0.2, -0.15) is 5.10 Å². The Balaban J connectivity index is 2.11. The molecule has 0 aliphatic carbocycles. The summed E-state index contributed by atoms with van der Waals surface area (Å²) in [5, 5.41) is 9.18. The van der Waals surface area contributed by atoms with Gasteiger partial charge in [-0.25, -0.2) is 4.39 Å². The molecular weight excluding hydrogens is 289 g/mol. The lowest BCUT2D eigenvalue weighted by Crippen LogP contribution is -1.96. The number of aromatic nitrogens is 3. The van der Waals surface area contributed by atoms with E-state index < -0.39 is 0 Å². The maximum absolute atomic E-state index is 13.3. The molecule has 0 spiro atoms. The third-order valence-electron chi connectivity index (χ3n) is 4.21. The van der Waals surface area contributed by atoms with Crippen LogP contribution in [0.25, 0.3) is 32.9 Å². The van der Waals surface area contributed by atoms with Crippen molar-refractivity contribution in [2.75, 3.05) is 0 Å². The molecule has 23 heavy (non-hydrogen) atoms. The SMILES string of the molecule is CC(C)c1cnc2cc3[nH]ncc3cc2c1-c1ccc(F)cc1. The zero-order valence-corrected chi connectivity index (χ0v) is 13.0. The van der Waals surface area contributed by atoms with Crippen LogP contribution in [0.4, 0.5) is 4.39 Å². The van der Waals surface area contributed by atoms with Gasteiger partial charge in [0.25, 0.3) is 0 Å². The van der Waals surface area contributed by atoms with Crippen molar-refractivity contribution in [3.63, 3.8) is 0 Å². The second-order valence-corrected chi connectivity index (χ2v) is 6.08. The van der Waals surface area contributed by atoms with Gasteiger partial charge in [0, 0.05) is 17.0 Å². The molecular formula is C19H16FN3. The summed E-state index contributed by atoms with van der Waals surface area (Å²) in [5.74, 6) is 0.0995. The van der Waals surface area contributed by atoms with Crippen molar-refractivity contribution in [2.24, 2.45) is 0 Å². The fourth-order valence-electron chi connectivity index (χ4n) is 3.02. The molecule has 114 valence electrons. The highest BCUT2D eigenvalue weighted by Gasteiger charge is 2.15. The number of fused-ring (bicyclic) bond motifs is 2. The summed E-state index contributed by atoms with van der Waals surface area (Å²) in [6.07, 6.45) is 3.74. The molecule has 0 unspecified atom stereocenters. The maximum atomic E-state index is 13.3. The minimum atomic E-state index is -0.226. The van der Waals surface area contributed by atoms with Gasteiger partial charge in [-0.05, 0) is 46.9 Å². The first-order chi connectivity index (χ1) is 11.1. The topological polar surface area (TPSA) is 41.6 Å². The van der Waals surface area contributed by atoms with Gasteiger partial charge in [0.2, 0.25) is 0 Å². The zero-order chi connectivity index (χ0) is 16.0. The van der Waals surface area contributed by atoms with Crippen LogP contribution >= 0.6 is 0 Å². The van der Waals surface area contributed by atoms with E-state index in [4.69, 9.17) is 0 Å². The van der Waals surface area contributed by atoms with Crippen LogP contribution in [0, 0.1) is 5.82 Å². The van der Waals surface area contributed by atoms with Crippen molar-refractivity contribution in [2.45, 2.75) is 19.8 Å². The molecule has 0 amide bonds. The average Bonchev–Trinajstić information content (AvgIpc) is 2.99. The molecule has 0 bridgehead atoms. The Labute approximate surface area is 133 Å². The summed E-state index contributed by atoms with van der Waals surface area (Å²) in [5.41, 5.74) is 5.16. The molecule has 4 rings (SSSR count). The monoisotopic (exact) mass is 305 g/mol. The second-order valence-electron chi connectivity index (χ2n) is 6.08. The number of hydrogen-bond acceptors (Lipinski definition) is 2. The summed E-state index contributed by atoms with van der Waals surface area (Å²) in [6.45, 7) is 4.29. The molecule has 2 heterocycles. The number of nitrogens with one attached hydrogen (secondary N) is 1. The Kier molecular flexibility index (Phi) is 3.11. The molecule has 2 aromatic heterocycles. The molecule has 4 aromatic rings. The van der Waals surface area contributed by atoms with Crippen molar-refractivity contribution in [3.8, 4) is 11.1 Å². The van der Waals surface area contributed by atoms with Crippen LogP contribution in [0.2, 0.25) is 0 Å². The third kappa shape index (κ3) is 2.27. The Morgan fingerprint density at radius 1 is 1.04 bits per heavy atom. The molecule has 2 aromatic carbocycles. The van der Waals surface area contributed by atoms with Crippen LogP contribution in [-0.2, 0) is 0 Å². The summed E-state index contributed by atoms with van der Waals surface area (Å²) >= 11 is 0. The van der Waals surface area contributed by atoms with Crippen molar-refractivity contribution in [3.05, 3.63) is 60.2 Å². The molecule has 0 aliphatic rings. The Morgan fingerprint density at radius 2 is 1.83 bits per heavy atom. The van der Waals surface area contributed by atoms with Crippen molar-refractivity contribution in [1.29, 1.82) is 0 Å². The van der Waals surface area contributed by atoms with Gasteiger partial charge >= 0.3 is 0 Å². The number of aromatic amines is 1. The van der Waals surface area contributed by atoms with Crippen LogP contribution in [0.5, 0.6) is 0 Å². The van der Waals surface area contributed by atoms with Crippen molar-refractivity contribution >= 4 is 21.8 Å². The van der Waals surface area contributed by atoms with Crippen LogP contribution in [0.3, 0.4) is 0 Å². The van der Waals surface area contributed by atoms with Crippen molar-refractivity contribution < 1.29 is 4.39 Å². The number of hydrogen-bond donors (Lipinski definition) is 1.